The summed E-state index contributed by atoms with van der Waals surface area (Å²) in [6, 6.07) is 7.90. The van der Waals surface area contributed by atoms with Crippen LogP contribution in [0.15, 0.2) is 18.2 Å². The second kappa shape index (κ2) is 4.49. The molecular formula is C18H26N2. The van der Waals surface area contributed by atoms with Crippen molar-refractivity contribution in [3.63, 3.8) is 0 Å². The number of benzene rings is 1. The van der Waals surface area contributed by atoms with E-state index in [9.17, 15) is 0 Å². The molecule has 4 rings (SSSR count). The lowest BCUT2D eigenvalue weighted by Gasteiger charge is -2.58. The molecule has 1 aromatic carbocycles. The van der Waals surface area contributed by atoms with Crippen LogP contribution in [0.3, 0.4) is 0 Å². The number of likely N-dealkylation sites (tertiary alicyclic amines) is 1. The number of fused-ring (bicyclic) bond motifs is 1. The molecule has 108 valence electrons. The molecule has 1 aromatic rings. The van der Waals surface area contributed by atoms with Crippen LogP contribution >= 0.6 is 0 Å². The predicted octanol–water partition coefficient (Wildman–Crippen LogP) is 3.42. The molecule has 1 saturated carbocycles. The summed E-state index contributed by atoms with van der Waals surface area (Å²) in [5.74, 6) is 0.898. The molecule has 2 nitrogen and oxygen atoms in total. The molecule has 2 aliphatic carbocycles. The van der Waals surface area contributed by atoms with E-state index in [0.29, 0.717) is 5.41 Å². The van der Waals surface area contributed by atoms with Crippen molar-refractivity contribution in [2.45, 2.75) is 50.0 Å². The van der Waals surface area contributed by atoms with Crippen molar-refractivity contribution in [2.24, 2.45) is 5.92 Å². The summed E-state index contributed by atoms with van der Waals surface area (Å²) in [4.78, 5) is 2.64. The molecule has 1 saturated heterocycles. The molecular weight excluding hydrogens is 244 g/mol. The fourth-order valence-corrected chi connectivity index (χ4v) is 5.35. The van der Waals surface area contributed by atoms with Crippen molar-refractivity contribution in [1.29, 1.82) is 0 Å². The van der Waals surface area contributed by atoms with Gasteiger partial charge in [0.1, 0.15) is 0 Å². The highest BCUT2D eigenvalue weighted by Crippen LogP contribution is 2.55. The molecule has 1 heterocycles. The Morgan fingerprint density at radius 3 is 3.00 bits per heavy atom. The van der Waals surface area contributed by atoms with E-state index in [1.165, 1.54) is 50.8 Å². The van der Waals surface area contributed by atoms with E-state index < -0.39 is 0 Å². The second-order valence-corrected chi connectivity index (χ2v) is 7.13. The van der Waals surface area contributed by atoms with Crippen LogP contribution in [0.1, 0.15) is 43.2 Å². The van der Waals surface area contributed by atoms with E-state index in [2.05, 4.69) is 35.5 Å². The van der Waals surface area contributed by atoms with Crippen LogP contribution in [-0.2, 0) is 11.8 Å². The van der Waals surface area contributed by atoms with Gasteiger partial charge in [0, 0.05) is 24.2 Å². The molecule has 3 aliphatic rings. The highest BCUT2D eigenvalue weighted by atomic mass is 15.1. The van der Waals surface area contributed by atoms with Gasteiger partial charge in [0.05, 0.1) is 0 Å². The van der Waals surface area contributed by atoms with E-state index in [1.807, 2.05) is 7.05 Å². The zero-order chi connectivity index (χ0) is 13.7. The van der Waals surface area contributed by atoms with Gasteiger partial charge in [-0.3, -0.25) is 0 Å². The van der Waals surface area contributed by atoms with E-state index in [1.54, 1.807) is 11.1 Å². The Balaban J connectivity index is 1.88. The highest BCUT2D eigenvalue weighted by molar-refractivity contribution is 5.53. The van der Waals surface area contributed by atoms with Crippen LogP contribution in [0.25, 0.3) is 0 Å². The number of nitrogens with zero attached hydrogens (tertiary/aromatic N) is 1. The van der Waals surface area contributed by atoms with Crippen LogP contribution in [0.5, 0.6) is 0 Å². The number of piperidine rings is 1. The molecule has 1 aliphatic heterocycles. The minimum absolute atomic E-state index is 0.496. The van der Waals surface area contributed by atoms with Crippen LogP contribution in [0, 0.1) is 5.92 Å². The molecule has 2 heteroatoms. The lowest BCUT2D eigenvalue weighted by atomic mass is 9.52. The molecule has 3 atom stereocenters. The smallest absolute Gasteiger partial charge is 0.0340 e. The summed E-state index contributed by atoms with van der Waals surface area (Å²) < 4.78 is 0. The van der Waals surface area contributed by atoms with Crippen molar-refractivity contribution < 1.29 is 0 Å². The molecule has 0 amide bonds. The summed E-state index contributed by atoms with van der Waals surface area (Å²) in [6.45, 7) is 1.28. The Kier molecular flexibility index (Phi) is 2.85. The van der Waals surface area contributed by atoms with Gasteiger partial charge < -0.3 is 10.2 Å². The van der Waals surface area contributed by atoms with E-state index in [0.717, 1.165) is 12.0 Å². The van der Waals surface area contributed by atoms with Crippen LogP contribution in [0.2, 0.25) is 0 Å². The Hall–Kier alpha value is -1.02. The van der Waals surface area contributed by atoms with Gasteiger partial charge in [-0.1, -0.05) is 18.9 Å². The molecule has 2 fully saturated rings. The van der Waals surface area contributed by atoms with Gasteiger partial charge in [-0.15, -0.1) is 0 Å². The molecule has 20 heavy (non-hydrogen) atoms. The minimum Gasteiger partial charge on any atom is -0.388 e. The maximum Gasteiger partial charge on any atom is 0.0340 e. The van der Waals surface area contributed by atoms with Gasteiger partial charge in [0.2, 0.25) is 0 Å². The van der Waals surface area contributed by atoms with Gasteiger partial charge in [-0.05, 0) is 68.5 Å². The predicted molar refractivity (Wildman–Crippen MR) is 84.4 cm³/mol. The highest BCUT2D eigenvalue weighted by Gasteiger charge is 2.52. The van der Waals surface area contributed by atoms with Crippen molar-refractivity contribution >= 4 is 5.69 Å². The minimum atomic E-state index is 0.496. The van der Waals surface area contributed by atoms with Gasteiger partial charge in [0.25, 0.3) is 0 Å². The van der Waals surface area contributed by atoms with Gasteiger partial charge in [-0.2, -0.15) is 0 Å². The van der Waals surface area contributed by atoms with Crippen LogP contribution < -0.4 is 5.32 Å². The summed E-state index contributed by atoms with van der Waals surface area (Å²) in [7, 11) is 4.38. The lowest BCUT2D eigenvalue weighted by molar-refractivity contribution is 0.00290. The third-order valence-electron chi connectivity index (χ3n) is 6.40. The van der Waals surface area contributed by atoms with Gasteiger partial charge in [-0.25, -0.2) is 0 Å². The number of nitrogens with one attached hydrogen (secondary N) is 1. The Morgan fingerprint density at radius 2 is 2.15 bits per heavy atom. The third kappa shape index (κ3) is 1.60. The third-order valence-corrected chi connectivity index (χ3v) is 6.40. The monoisotopic (exact) mass is 270 g/mol. The van der Waals surface area contributed by atoms with E-state index in [4.69, 9.17) is 0 Å². The van der Waals surface area contributed by atoms with Crippen LogP contribution in [-0.4, -0.2) is 31.6 Å². The quantitative estimate of drug-likeness (QED) is 0.841. The number of rotatable bonds is 1. The molecule has 2 bridgehead atoms. The molecule has 1 unspecified atom stereocenters. The van der Waals surface area contributed by atoms with Crippen LogP contribution in [0.4, 0.5) is 5.69 Å². The standard InChI is InChI=1S/C18H26N2/c1-19-14-7-6-13-11-17-15-5-3-4-8-18(15,16(13)12-14)9-10-20(17)2/h6-7,12,15,17,19H,3-5,8-11H2,1-2H3/t15?,17-,18-/m1/s1. The Morgan fingerprint density at radius 1 is 1.25 bits per heavy atom. The first kappa shape index (κ1) is 12.7. The normalized spacial score (nSPS) is 36.1. The van der Waals surface area contributed by atoms with E-state index in [-0.39, 0.29) is 0 Å². The molecule has 0 radical (unpaired) electrons. The summed E-state index contributed by atoms with van der Waals surface area (Å²) in [6.07, 6.45) is 8.36. The topological polar surface area (TPSA) is 15.3 Å². The average Bonchev–Trinajstić information content (AvgIpc) is 2.50. The zero-order valence-electron chi connectivity index (χ0n) is 12.8. The first-order valence-electron chi connectivity index (χ1n) is 8.26. The summed E-state index contributed by atoms with van der Waals surface area (Å²) in [5.41, 5.74) is 5.10. The first-order chi connectivity index (χ1) is 9.74. The largest absolute Gasteiger partial charge is 0.388 e. The molecule has 0 spiro atoms. The lowest BCUT2D eigenvalue weighted by Crippen LogP contribution is -2.59. The number of hydrogen-bond acceptors (Lipinski definition) is 2. The number of likely N-dealkylation sites (N-methyl/N-ethyl adjacent to an activating group) is 1. The van der Waals surface area contributed by atoms with Crippen molar-refractivity contribution in [1.82, 2.24) is 4.90 Å². The van der Waals surface area contributed by atoms with Crippen molar-refractivity contribution in [3.8, 4) is 0 Å². The fourth-order valence-electron chi connectivity index (χ4n) is 5.35. The maximum absolute atomic E-state index is 3.34. The summed E-state index contributed by atoms with van der Waals surface area (Å²) in [5, 5.41) is 3.34. The SMILES string of the molecule is CNc1ccc2c(c1)[C@@]13CCCCC1[C@@H](C2)N(C)CC3. The zero-order valence-corrected chi connectivity index (χ0v) is 12.8. The summed E-state index contributed by atoms with van der Waals surface area (Å²) >= 11 is 0. The Labute approximate surface area is 122 Å². The van der Waals surface area contributed by atoms with Crippen molar-refractivity contribution in [3.05, 3.63) is 29.3 Å². The molecule has 1 N–H and O–H groups in total. The maximum atomic E-state index is 3.34. The van der Waals surface area contributed by atoms with Crippen molar-refractivity contribution in [2.75, 3.05) is 26.0 Å². The molecule has 0 aromatic heterocycles. The van der Waals surface area contributed by atoms with E-state index >= 15 is 0 Å². The second-order valence-electron chi connectivity index (χ2n) is 7.13. The number of anilines is 1. The number of hydrogen-bond donors (Lipinski definition) is 1. The fraction of sp³-hybridized carbons (Fsp3) is 0.667. The Bertz CT molecular complexity index is 524. The average molecular weight is 270 g/mol. The van der Waals surface area contributed by atoms with Gasteiger partial charge in [0.15, 0.2) is 0 Å². The first-order valence-corrected chi connectivity index (χ1v) is 8.26. The van der Waals surface area contributed by atoms with Gasteiger partial charge >= 0.3 is 0 Å².